The van der Waals surface area contributed by atoms with Gasteiger partial charge in [0.25, 0.3) is 10.0 Å². The molecule has 2 atom stereocenters. The molecule has 10 heteroatoms. The molecule has 1 aliphatic rings. The normalized spacial score (nSPS) is 24.7. The molecule has 0 amide bonds. The summed E-state index contributed by atoms with van der Waals surface area (Å²) in [6.07, 6.45) is 3.61. The zero-order valence-electron chi connectivity index (χ0n) is 13.1. The lowest BCUT2D eigenvalue weighted by Gasteiger charge is -2.42. The number of hydrogen-bond donors (Lipinski definition) is 2. The summed E-state index contributed by atoms with van der Waals surface area (Å²) >= 11 is 0.896. The summed E-state index contributed by atoms with van der Waals surface area (Å²) in [5.74, 6) is -0.629. The Morgan fingerprint density at radius 3 is 2.83 bits per heavy atom. The predicted molar refractivity (Wildman–Crippen MR) is 90.4 cm³/mol. The minimum absolute atomic E-state index is 0. The van der Waals surface area contributed by atoms with Gasteiger partial charge in [-0.3, -0.25) is 0 Å². The van der Waals surface area contributed by atoms with Gasteiger partial charge in [-0.2, -0.15) is 0 Å². The smallest absolute Gasteiger partial charge is 0.358 e. The SMILES string of the molecule is COC(=O)c1ncsc1S(=O)(=O)NC1(CN)CCCCC1C.Cl. The molecule has 2 rings (SSSR count). The summed E-state index contributed by atoms with van der Waals surface area (Å²) in [7, 11) is -2.69. The van der Waals surface area contributed by atoms with Crippen LogP contribution in [-0.4, -0.2) is 38.6 Å². The first-order chi connectivity index (χ1) is 10.4. The highest BCUT2D eigenvalue weighted by molar-refractivity contribution is 7.91. The number of carbonyl (C=O) groups is 1. The van der Waals surface area contributed by atoms with Crippen molar-refractivity contribution in [1.82, 2.24) is 9.71 Å². The Morgan fingerprint density at radius 2 is 2.26 bits per heavy atom. The van der Waals surface area contributed by atoms with Crippen molar-refractivity contribution in [2.24, 2.45) is 11.7 Å². The standard InChI is InChI=1S/C13H21N3O4S2.ClH/c1-9-5-3-4-6-13(9,7-14)16-22(18,19)12-10(11(17)20-2)15-8-21-12;/h8-9,16H,3-7,14H2,1-2H3;1H. The van der Waals surface area contributed by atoms with Crippen molar-refractivity contribution < 1.29 is 17.9 Å². The Morgan fingerprint density at radius 1 is 1.57 bits per heavy atom. The monoisotopic (exact) mass is 383 g/mol. The fourth-order valence-electron chi connectivity index (χ4n) is 2.88. The zero-order valence-corrected chi connectivity index (χ0v) is 15.5. The Hall–Kier alpha value is -0.740. The first-order valence-electron chi connectivity index (χ1n) is 7.12. The van der Waals surface area contributed by atoms with Crippen LogP contribution in [-0.2, 0) is 14.8 Å². The number of aromatic nitrogens is 1. The summed E-state index contributed by atoms with van der Waals surface area (Å²) in [6, 6.07) is 0. The second-order valence-corrected chi connectivity index (χ2v) is 8.33. The van der Waals surface area contributed by atoms with Gasteiger partial charge in [0.15, 0.2) is 9.90 Å². The summed E-state index contributed by atoms with van der Waals surface area (Å²) in [6.45, 7) is 2.22. The molecule has 0 saturated heterocycles. The van der Waals surface area contributed by atoms with Crippen LogP contribution in [0.25, 0.3) is 0 Å². The quantitative estimate of drug-likeness (QED) is 0.746. The molecule has 1 fully saturated rings. The van der Waals surface area contributed by atoms with Gasteiger partial charge in [-0.1, -0.05) is 19.8 Å². The van der Waals surface area contributed by atoms with E-state index in [0.29, 0.717) is 6.42 Å². The van der Waals surface area contributed by atoms with Crippen LogP contribution < -0.4 is 10.5 Å². The molecule has 1 heterocycles. The number of thiazole rings is 1. The molecular formula is C13H22ClN3O4S2. The third-order valence-corrected chi connectivity index (χ3v) is 7.23. The molecule has 0 bridgehead atoms. The van der Waals surface area contributed by atoms with Crippen LogP contribution in [0.15, 0.2) is 9.72 Å². The Labute approximate surface area is 146 Å². The minimum Gasteiger partial charge on any atom is -0.464 e. The van der Waals surface area contributed by atoms with Crippen molar-refractivity contribution in [3.8, 4) is 0 Å². The molecule has 1 aromatic heterocycles. The second-order valence-electron chi connectivity index (χ2n) is 5.59. The van der Waals surface area contributed by atoms with Crippen LogP contribution in [0.3, 0.4) is 0 Å². The number of carbonyl (C=O) groups excluding carboxylic acids is 1. The van der Waals surface area contributed by atoms with Crippen molar-refractivity contribution in [1.29, 1.82) is 0 Å². The highest BCUT2D eigenvalue weighted by Gasteiger charge is 2.42. The molecule has 1 aliphatic carbocycles. The van der Waals surface area contributed by atoms with Crippen LogP contribution in [0, 0.1) is 5.92 Å². The zero-order chi connectivity index (χ0) is 16.4. The number of nitrogens with one attached hydrogen (secondary N) is 1. The van der Waals surface area contributed by atoms with Crippen LogP contribution in [0.5, 0.6) is 0 Å². The molecule has 0 spiro atoms. The fraction of sp³-hybridized carbons (Fsp3) is 0.692. The number of esters is 1. The van der Waals surface area contributed by atoms with Gasteiger partial charge in [0.2, 0.25) is 0 Å². The van der Waals surface area contributed by atoms with Crippen LogP contribution >= 0.6 is 23.7 Å². The lowest BCUT2D eigenvalue weighted by Crippen LogP contribution is -2.58. The number of halogens is 1. The molecule has 2 unspecified atom stereocenters. The molecule has 132 valence electrons. The molecule has 0 radical (unpaired) electrons. The number of rotatable bonds is 5. The van der Waals surface area contributed by atoms with Gasteiger partial charge >= 0.3 is 5.97 Å². The Bertz CT molecular complexity index is 649. The van der Waals surface area contributed by atoms with Crippen molar-refractivity contribution in [3.05, 3.63) is 11.2 Å². The largest absolute Gasteiger partial charge is 0.464 e. The predicted octanol–water partition coefficient (Wildman–Crippen LogP) is 1.54. The average molecular weight is 384 g/mol. The average Bonchev–Trinajstić information content (AvgIpc) is 2.99. The first-order valence-corrected chi connectivity index (χ1v) is 9.48. The van der Waals surface area contributed by atoms with Crippen LogP contribution in [0.2, 0.25) is 0 Å². The van der Waals surface area contributed by atoms with Gasteiger partial charge in [0.05, 0.1) is 12.6 Å². The van der Waals surface area contributed by atoms with Gasteiger partial charge in [-0.15, -0.1) is 23.7 Å². The molecule has 0 aliphatic heterocycles. The maximum absolute atomic E-state index is 12.7. The summed E-state index contributed by atoms with van der Waals surface area (Å²) in [5, 5.41) is 0. The molecule has 7 nitrogen and oxygen atoms in total. The third kappa shape index (κ3) is 4.03. The molecular weight excluding hydrogens is 362 g/mol. The molecule has 1 aromatic rings. The fourth-order valence-corrected chi connectivity index (χ4v) is 5.55. The maximum Gasteiger partial charge on any atom is 0.358 e. The molecule has 3 N–H and O–H groups in total. The molecule has 1 saturated carbocycles. The number of nitrogens with two attached hydrogens (primary N) is 1. The highest BCUT2D eigenvalue weighted by atomic mass is 35.5. The maximum atomic E-state index is 12.7. The van der Waals surface area contributed by atoms with Gasteiger partial charge < -0.3 is 10.5 Å². The van der Waals surface area contributed by atoms with E-state index >= 15 is 0 Å². The van der Waals surface area contributed by atoms with Gasteiger partial charge in [-0.05, 0) is 18.8 Å². The number of methoxy groups -OCH3 is 1. The van der Waals surface area contributed by atoms with E-state index in [2.05, 4.69) is 14.4 Å². The number of sulfonamides is 1. The highest BCUT2D eigenvalue weighted by Crippen LogP contribution is 2.35. The van der Waals surface area contributed by atoms with E-state index in [-0.39, 0.29) is 34.8 Å². The Kier molecular flexibility index (Phi) is 6.96. The summed E-state index contributed by atoms with van der Waals surface area (Å²) in [5.41, 5.74) is 6.35. The van der Waals surface area contributed by atoms with Gasteiger partial charge in [0.1, 0.15) is 0 Å². The summed E-state index contributed by atoms with van der Waals surface area (Å²) in [4.78, 5) is 15.5. The van der Waals surface area contributed by atoms with Crippen molar-refractivity contribution in [2.45, 2.75) is 42.4 Å². The lowest BCUT2D eigenvalue weighted by molar-refractivity contribution is 0.0590. The van der Waals surface area contributed by atoms with Gasteiger partial charge in [0, 0.05) is 12.1 Å². The van der Waals surface area contributed by atoms with E-state index in [0.717, 1.165) is 30.6 Å². The molecule has 0 aromatic carbocycles. The third-order valence-electron chi connectivity index (χ3n) is 4.31. The lowest BCUT2D eigenvalue weighted by atomic mass is 9.74. The van der Waals surface area contributed by atoms with Crippen LogP contribution in [0.1, 0.15) is 43.1 Å². The van der Waals surface area contributed by atoms with Crippen molar-refractivity contribution in [3.63, 3.8) is 0 Å². The van der Waals surface area contributed by atoms with Crippen LogP contribution in [0.4, 0.5) is 0 Å². The van der Waals surface area contributed by atoms with E-state index in [9.17, 15) is 13.2 Å². The van der Waals surface area contributed by atoms with E-state index < -0.39 is 21.5 Å². The van der Waals surface area contributed by atoms with E-state index in [4.69, 9.17) is 5.73 Å². The summed E-state index contributed by atoms with van der Waals surface area (Å²) < 4.78 is 32.6. The van der Waals surface area contributed by atoms with E-state index in [1.165, 1.54) is 12.6 Å². The number of ether oxygens (including phenoxy) is 1. The number of hydrogen-bond acceptors (Lipinski definition) is 7. The molecule has 23 heavy (non-hydrogen) atoms. The topological polar surface area (TPSA) is 111 Å². The van der Waals surface area contributed by atoms with Gasteiger partial charge in [-0.25, -0.2) is 22.9 Å². The number of nitrogens with zero attached hydrogens (tertiary/aromatic N) is 1. The van der Waals surface area contributed by atoms with E-state index in [1.54, 1.807) is 0 Å². The van der Waals surface area contributed by atoms with Crippen molar-refractivity contribution >= 4 is 39.7 Å². The van der Waals surface area contributed by atoms with Crippen molar-refractivity contribution in [2.75, 3.05) is 13.7 Å². The minimum atomic E-state index is -3.88. The Balaban J connectivity index is 0.00000264. The first kappa shape index (κ1) is 20.3. The second kappa shape index (κ2) is 7.89. The van der Waals surface area contributed by atoms with E-state index in [1.807, 2.05) is 6.92 Å².